The van der Waals surface area contributed by atoms with Crippen LogP contribution in [0, 0.1) is 0 Å². The van der Waals surface area contributed by atoms with E-state index in [1.807, 2.05) is 42.2 Å². The summed E-state index contributed by atoms with van der Waals surface area (Å²) in [6.07, 6.45) is 2.82. The maximum absolute atomic E-state index is 11.6. The summed E-state index contributed by atoms with van der Waals surface area (Å²) in [6, 6.07) is 14.7. The van der Waals surface area contributed by atoms with Crippen molar-refractivity contribution in [3.8, 4) is 0 Å². The molecule has 1 amide bonds. The molecule has 164 valence electrons. The number of methoxy groups -OCH3 is 1. The van der Waals surface area contributed by atoms with Crippen LogP contribution in [0.5, 0.6) is 0 Å². The summed E-state index contributed by atoms with van der Waals surface area (Å²) in [7, 11) is 1.37. The maximum atomic E-state index is 11.6. The van der Waals surface area contributed by atoms with Crippen LogP contribution in [0.2, 0.25) is 0 Å². The van der Waals surface area contributed by atoms with Gasteiger partial charge in [-0.2, -0.15) is 4.98 Å². The molecule has 9 heteroatoms. The Kier molecular flexibility index (Phi) is 7.47. The third kappa shape index (κ3) is 5.88. The van der Waals surface area contributed by atoms with E-state index in [2.05, 4.69) is 32.2 Å². The van der Waals surface area contributed by atoms with Crippen LogP contribution in [-0.2, 0) is 20.7 Å². The molecule has 0 saturated carbocycles. The molecule has 3 aromatic rings. The third-order valence-electron chi connectivity index (χ3n) is 4.49. The monoisotopic (exact) mass is 432 g/mol. The van der Waals surface area contributed by atoms with Gasteiger partial charge in [-0.1, -0.05) is 24.8 Å². The largest absolute Gasteiger partial charge is 0.469 e. The fourth-order valence-electron chi connectivity index (χ4n) is 2.99. The molecule has 0 radical (unpaired) electrons. The zero-order valence-electron chi connectivity index (χ0n) is 17.9. The Morgan fingerprint density at radius 3 is 2.66 bits per heavy atom. The van der Waals surface area contributed by atoms with E-state index in [-0.39, 0.29) is 18.3 Å². The van der Waals surface area contributed by atoms with Crippen LogP contribution in [-0.4, -0.2) is 40.5 Å². The number of hydrogen-bond acceptors (Lipinski definition) is 8. The first-order chi connectivity index (χ1) is 15.5. The molecule has 0 atom stereocenters. The summed E-state index contributed by atoms with van der Waals surface area (Å²) in [5.41, 5.74) is 3.00. The Bertz CT molecular complexity index is 1120. The number of benzene rings is 2. The van der Waals surface area contributed by atoms with Gasteiger partial charge >= 0.3 is 5.97 Å². The molecule has 3 rings (SSSR count). The molecule has 9 nitrogen and oxygen atoms in total. The number of ether oxygens (including phenoxy) is 1. The Labute approximate surface area is 186 Å². The van der Waals surface area contributed by atoms with E-state index in [9.17, 15) is 9.59 Å². The van der Waals surface area contributed by atoms with Gasteiger partial charge in [0.1, 0.15) is 6.33 Å². The number of esters is 1. The second-order valence-electron chi connectivity index (χ2n) is 6.68. The maximum Gasteiger partial charge on any atom is 0.309 e. The second kappa shape index (κ2) is 10.7. The zero-order chi connectivity index (χ0) is 22.9. The Morgan fingerprint density at radius 1 is 1.12 bits per heavy atom. The van der Waals surface area contributed by atoms with Crippen molar-refractivity contribution in [3.63, 3.8) is 0 Å². The van der Waals surface area contributed by atoms with Gasteiger partial charge in [0.05, 0.1) is 13.5 Å². The van der Waals surface area contributed by atoms with Crippen molar-refractivity contribution in [1.29, 1.82) is 0 Å². The number of anilines is 5. The number of hydrogen-bond donors (Lipinski definition) is 2. The summed E-state index contributed by atoms with van der Waals surface area (Å²) < 4.78 is 4.75. The Balaban J connectivity index is 1.81. The van der Waals surface area contributed by atoms with E-state index in [1.54, 1.807) is 18.2 Å². The first-order valence-electron chi connectivity index (χ1n) is 9.95. The quantitative estimate of drug-likeness (QED) is 0.390. The van der Waals surface area contributed by atoms with Crippen LogP contribution in [0.4, 0.5) is 29.0 Å². The second-order valence-corrected chi connectivity index (χ2v) is 6.68. The van der Waals surface area contributed by atoms with Crippen LogP contribution in [0.25, 0.3) is 0 Å². The molecule has 1 aromatic heterocycles. The average molecular weight is 432 g/mol. The lowest BCUT2D eigenvalue weighted by molar-refractivity contribution is -0.139. The Hall–Kier alpha value is -4.27. The number of rotatable bonds is 9. The predicted molar refractivity (Wildman–Crippen MR) is 123 cm³/mol. The molecule has 2 aromatic carbocycles. The molecule has 0 unspecified atom stereocenters. The highest BCUT2D eigenvalue weighted by atomic mass is 16.5. The van der Waals surface area contributed by atoms with Crippen molar-refractivity contribution < 1.29 is 14.3 Å². The fourth-order valence-corrected chi connectivity index (χ4v) is 2.99. The molecule has 0 fully saturated rings. The topological polar surface area (TPSA) is 109 Å². The molecular formula is C23H24N6O3. The van der Waals surface area contributed by atoms with Crippen molar-refractivity contribution in [2.45, 2.75) is 13.3 Å². The zero-order valence-corrected chi connectivity index (χ0v) is 17.9. The van der Waals surface area contributed by atoms with Crippen LogP contribution in [0.15, 0.2) is 67.5 Å². The minimum absolute atomic E-state index is 0.185. The molecule has 1 heterocycles. The van der Waals surface area contributed by atoms with E-state index in [4.69, 9.17) is 4.74 Å². The van der Waals surface area contributed by atoms with Gasteiger partial charge in [-0.05, 0) is 48.9 Å². The number of carbonyl (C=O) groups excluding carboxylic acids is 2. The Morgan fingerprint density at radius 2 is 1.91 bits per heavy atom. The summed E-state index contributed by atoms with van der Waals surface area (Å²) in [4.78, 5) is 38.1. The van der Waals surface area contributed by atoms with E-state index in [0.717, 1.165) is 11.3 Å². The molecule has 0 aliphatic heterocycles. The summed E-state index contributed by atoms with van der Waals surface area (Å²) in [5.74, 6) is 0.212. The van der Waals surface area contributed by atoms with Crippen LogP contribution in [0.1, 0.15) is 12.5 Å². The number of nitrogens with one attached hydrogen (secondary N) is 2. The first kappa shape index (κ1) is 22.4. The van der Waals surface area contributed by atoms with Crippen molar-refractivity contribution in [2.75, 3.05) is 29.2 Å². The highest BCUT2D eigenvalue weighted by Crippen LogP contribution is 2.24. The first-order valence-corrected chi connectivity index (χ1v) is 9.95. The van der Waals surface area contributed by atoms with Gasteiger partial charge in [-0.15, -0.1) is 0 Å². The van der Waals surface area contributed by atoms with E-state index in [1.165, 1.54) is 19.5 Å². The van der Waals surface area contributed by atoms with E-state index >= 15 is 0 Å². The SMILES string of the molecule is C=CC(=O)Nc1cccc(Nc2ncnc(N(CC)c3cccc(CC(=O)OC)c3)n2)c1. The average Bonchev–Trinajstić information content (AvgIpc) is 2.80. The minimum atomic E-state index is -0.302. The predicted octanol–water partition coefficient (Wildman–Crippen LogP) is 3.61. The number of aromatic nitrogens is 3. The minimum Gasteiger partial charge on any atom is -0.469 e. The van der Waals surface area contributed by atoms with Crippen LogP contribution in [0.3, 0.4) is 0 Å². The third-order valence-corrected chi connectivity index (χ3v) is 4.49. The van der Waals surface area contributed by atoms with E-state index in [0.29, 0.717) is 29.8 Å². The molecule has 0 saturated heterocycles. The van der Waals surface area contributed by atoms with Crippen molar-refractivity contribution in [2.24, 2.45) is 0 Å². The smallest absolute Gasteiger partial charge is 0.309 e. The molecule has 0 aliphatic rings. The number of carbonyl (C=O) groups is 2. The van der Waals surface area contributed by atoms with Crippen molar-refractivity contribution in [1.82, 2.24) is 15.0 Å². The molecular weight excluding hydrogens is 408 g/mol. The number of nitrogens with zero attached hydrogens (tertiary/aromatic N) is 4. The lowest BCUT2D eigenvalue weighted by atomic mass is 10.1. The van der Waals surface area contributed by atoms with Gasteiger partial charge in [0.2, 0.25) is 17.8 Å². The summed E-state index contributed by atoms with van der Waals surface area (Å²) in [6.45, 7) is 6.03. The van der Waals surface area contributed by atoms with E-state index < -0.39 is 0 Å². The molecule has 32 heavy (non-hydrogen) atoms. The summed E-state index contributed by atoms with van der Waals surface area (Å²) in [5, 5.41) is 5.83. The van der Waals surface area contributed by atoms with Gasteiger partial charge in [-0.25, -0.2) is 9.97 Å². The van der Waals surface area contributed by atoms with Gasteiger partial charge in [0.25, 0.3) is 0 Å². The van der Waals surface area contributed by atoms with Crippen LogP contribution >= 0.6 is 0 Å². The standard InChI is InChI=1S/C23H24N6O3/c1-4-20(30)26-17-9-7-10-18(14-17)27-22-24-15-25-23(28-22)29(5-2)19-11-6-8-16(12-19)13-21(31)32-3/h4,6-12,14-15H,1,5,13H2,2-3H3,(H,26,30)(H,24,25,27,28). The normalized spacial score (nSPS) is 10.2. The van der Waals surface area contributed by atoms with Gasteiger partial charge in [-0.3, -0.25) is 9.59 Å². The van der Waals surface area contributed by atoms with Gasteiger partial charge in [0.15, 0.2) is 0 Å². The molecule has 0 bridgehead atoms. The molecule has 2 N–H and O–H groups in total. The molecule has 0 aliphatic carbocycles. The lowest BCUT2D eigenvalue weighted by Crippen LogP contribution is -2.20. The lowest BCUT2D eigenvalue weighted by Gasteiger charge is -2.21. The van der Waals surface area contributed by atoms with Crippen molar-refractivity contribution in [3.05, 3.63) is 73.1 Å². The number of amides is 1. The molecule has 0 spiro atoms. The van der Waals surface area contributed by atoms with Crippen molar-refractivity contribution >= 4 is 40.8 Å². The summed E-state index contributed by atoms with van der Waals surface area (Å²) >= 11 is 0. The van der Waals surface area contributed by atoms with Crippen LogP contribution < -0.4 is 15.5 Å². The fraction of sp³-hybridized carbons (Fsp3) is 0.174. The van der Waals surface area contributed by atoms with Gasteiger partial charge < -0.3 is 20.3 Å². The highest BCUT2D eigenvalue weighted by Gasteiger charge is 2.13. The van der Waals surface area contributed by atoms with Gasteiger partial charge in [0, 0.05) is 23.6 Å². The highest BCUT2D eigenvalue weighted by molar-refractivity contribution is 5.99.